The first-order valence-corrected chi connectivity index (χ1v) is 7.80. The van der Waals surface area contributed by atoms with Crippen molar-refractivity contribution in [3.05, 3.63) is 35.4 Å². The normalized spacial score (nSPS) is 15.5. The summed E-state index contributed by atoms with van der Waals surface area (Å²) in [7, 11) is -2.89. The smallest absolute Gasteiger partial charge is 0.147 e. The van der Waals surface area contributed by atoms with E-state index >= 15 is 0 Å². The molecular formula is C13H21NO2S. The second-order valence-corrected chi connectivity index (χ2v) is 7.28. The number of hydrogen-bond acceptors (Lipinski definition) is 3. The minimum atomic E-state index is -2.89. The molecule has 0 fully saturated rings. The van der Waals surface area contributed by atoms with Crippen LogP contribution in [0.1, 0.15) is 30.9 Å². The minimum Gasteiger partial charge on any atom is -0.322 e. The Labute approximate surface area is 104 Å². The number of hydrogen-bond donors (Lipinski definition) is 1. The maximum atomic E-state index is 11.1. The van der Waals surface area contributed by atoms with Crippen molar-refractivity contribution in [1.82, 2.24) is 0 Å². The lowest BCUT2D eigenvalue weighted by Gasteiger charge is -2.25. The Morgan fingerprint density at radius 1 is 1.24 bits per heavy atom. The topological polar surface area (TPSA) is 60.2 Å². The molecule has 0 saturated carbocycles. The van der Waals surface area contributed by atoms with Crippen molar-refractivity contribution >= 4 is 9.84 Å². The molecule has 4 heteroatoms. The number of rotatable bonds is 5. The summed E-state index contributed by atoms with van der Waals surface area (Å²) < 4.78 is 22.1. The summed E-state index contributed by atoms with van der Waals surface area (Å²) in [5.74, 6) is 0.200. The molecule has 3 nitrogen and oxygen atoms in total. The number of sulfone groups is 1. The fraction of sp³-hybridized carbons (Fsp3) is 0.538. The second kappa shape index (κ2) is 5.19. The Bertz CT molecular complexity index is 461. The van der Waals surface area contributed by atoms with Gasteiger partial charge in [0.05, 0.1) is 0 Å². The van der Waals surface area contributed by atoms with E-state index in [4.69, 9.17) is 5.73 Å². The third kappa shape index (κ3) is 4.88. The molecule has 0 heterocycles. The molecule has 1 aromatic rings. The molecule has 0 aliphatic rings. The Hall–Kier alpha value is -0.870. The van der Waals surface area contributed by atoms with Crippen molar-refractivity contribution in [1.29, 1.82) is 0 Å². The Morgan fingerprint density at radius 3 is 2.24 bits per heavy atom. The van der Waals surface area contributed by atoms with Gasteiger partial charge in [0.25, 0.3) is 0 Å². The van der Waals surface area contributed by atoms with Gasteiger partial charge in [-0.3, -0.25) is 0 Å². The van der Waals surface area contributed by atoms with Gasteiger partial charge >= 0.3 is 0 Å². The van der Waals surface area contributed by atoms with Gasteiger partial charge in [-0.2, -0.15) is 0 Å². The van der Waals surface area contributed by atoms with Gasteiger partial charge in [0, 0.05) is 17.5 Å². The molecule has 0 aliphatic heterocycles. The number of nitrogens with two attached hydrogens (primary N) is 1. The van der Waals surface area contributed by atoms with Gasteiger partial charge in [-0.15, -0.1) is 0 Å². The van der Waals surface area contributed by atoms with Crippen LogP contribution >= 0.6 is 0 Å². The first kappa shape index (κ1) is 14.2. The lowest BCUT2D eigenvalue weighted by atomic mass is 9.88. The van der Waals surface area contributed by atoms with Gasteiger partial charge in [0.2, 0.25) is 0 Å². The largest absolute Gasteiger partial charge is 0.322 e. The van der Waals surface area contributed by atoms with E-state index in [0.29, 0.717) is 12.8 Å². The van der Waals surface area contributed by atoms with E-state index in [1.165, 1.54) is 11.8 Å². The van der Waals surface area contributed by atoms with E-state index in [-0.39, 0.29) is 5.75 Å². The van der Waals surface area contributed by atoms with Gasteiger partial charge in [0.15, 0.2) is 0 Å². The second-order valence-electron chi connectivity index (χ2n) is 5.02. The molecule has 1 atom stereocenters. The summed E-state index contributed by atoms with van der Waals surface area (Å²) >= 11 is 0. The van der Waals surface area contributed by atoms with Crippen LogP contribution in [0.25, 0.3) is 0 Å². The number of aryl methyl sites for hydroxylation is 1. The molecule has 0 aliphatic carbocycles. The zero-order chi connectivity index (χ0) is 13.1. The van der Waals surface area contributed by atoms with Crippen LogP contribution in [-0.4, -0.2) is 20.4 Å². The van der Waals surface area contributed by atoms with Gasteiger partial charge in [-0.1, -0.05) is 29.8 Å². The molecular weight excluding hydrogens is 234 g/mol. The average molecular weight is 255 g/mol. The monoisotopic (exact) mass is 255 g/mol. The Balaban J connectivity index is 2.65. The molecule has 0 bridgehead atoms. The van der Waals surface area contributed by atoms with E-state index in [1.807, 2.05) is 38.1 Å². The molecule has 0 saturated heterocycles. The summed E-state index contributed by atoms with van der Waals surface area (Å²) in [6.07, 6.45) is 2.52. The van der Waals surface area contributed by atoms with Gasteiger partial charge in [0.1, 0.15) is 9.84 Å². The van der Waals surface area contributed by atoms with Gasteiger partial charge in [-0.05, 0) is 32.3 Å². The van der Waals surface area contributed by atoms with E-state index in [0.717, 1.165) is 5.56 Å². The number of benzene rings is 1. The van der Waals surface area contributed by atoms with E-state index in [1.54, 1.807) is 0 Å². The van der Waals surface area contributed by atoms with Crippen LogP contribution in [0.4, 0.5) is 0 Å². The lowest BCUT2D eigenvalue weighted by molar-refractivity contribution is 0.446. The molecule has 0 aromatic heterocycles. The van der Waals surface area contributed by atoms with Gasteiger partial charge in [-0.25, -0.2) is 8.42 Å². The summed E-state index contributed by atoms with van der Waals surface area (Å²) in [6, 6.07) is 8.07. The first-order valence-electron chi connectivity index (χ1n) is 5.74. The molecule has 1 unspecified atom stereocenters. The van der Waals surface area contributed by atoms with Crippen LogP contribution in [0, 0.1) is 6.92 Å². The summed E-state index contributed by atoms with van der Waals surface area (Å²) in [4.78, 5) is 0. The van der Waals surface area contributed by atoms with Crippen LogP contribution in [-0.2, 0) is 15.4 Å². The molecule has 17 heavy (non-hydrogen) atoms. The average Bonchev–Trinajstić information content (AvgIpc) is 2.15. The van der Waals surface area contributed by atoms with Crippen molar-refractivity contribution in [2.24, 2.45) is 5.73 Å². The van der Waals surface area contributed by atoms with E-state index in [2.05, 4.69) is 0 Å². The standard InChI is InChI=1S/C13H21NO2S/c1-11-5-7-12(8-6-11)13(2,14)9-4-10-17(3,15)16/h5-8H,4,9-10,14H2,1-3H3. The van der Waals surface area contributed by atoms with Crippen LogP contribution in [0.5, 0.6) is 0 Å². The van der Waals surface area contributed by atoms with Crippen LogP contribution in [0.3, 0.4) is 0 Å². The van der Waals surface area contributed by atoms with Crippen LogP contribution in [0.2, 0.25) is 0 Å². The highest BCUT2D eigenvalue weighted by Gasteiger charge is 2.21. The molecule has 96 valence electrons. The molecule has 0 amide bonds. The maximum Gasteiger partial charge on any atom is 0.147 e. The fourth-order valence-electron chi connectivity index (χ4n) is 1.78. The molecule has 0 spiro atoms. The minimum absolute atomic E-state index is 0.200. The maximum absolute atomic E-state index is 11.1. The van der Waals surface area contributed by atoms with Crippen LogP contribution < -0.4 is 5.73 Å². The summed E-state index contributed by atoms with van der Waals surface area (Å²) in [6.45, 7) is 3.97. The third-order valence-electron chi connectivity index (χ3n) is 2.92. The zero-order valence-electron chi connectivity index (χ0n) is 10.7. The quantitative estimate of drug-likeness (QED) is 0.875. The SMILES string of the molecule is Cc1ccc(C(C)(N)CCCS(C)(=O)=O)cc1. The van der Waals surface area contributed by atoms with E-state index in [9.17, 15) is 8.42 Å². The summed E-state index contributed by atoms with van der Waals surface area (Å²) in [5.41, 5.74) is 8.01. The van der Waals surface area contributed by atoms with Gasteiger partial charge < -0.3 is 5.73 Å². The first-order chi connectivity index (χ1) is 7.71. The highest BCUT2D eigenvalue weighted by Crippen LogP contribution is 2.23. The Kier molecular flexibility index (Phi) is 4.33. The van der Waals surface area contributed by atoms with Crippen molar-refractivity contribution in [2.75, 3.05) is 12.0 Å². The lowest BCUT2D eigenvalue weighted by Crippen LogP contribution is -2.33. The molecule has 1 rings (SSSR count). The highest BCUT2D eigenvalue weighted by molar-refractivity contribution is 7.90. The molecule has 2 N–H and O–H groups in total. The third-order valence-corrected chi connectivity index (χ3v) is 3.95. The highest BCUT2D eigenvalue weighted by atomic mass is 32.2. The zero-order valence-corrected chi connectivity index (χ0v) is 11.5. The van der Waals surface area contributed by atoms with Crippen molar-refractivity contribution in [3.63, 3.8) is 0 Å². The summed E-state index contributed by atoms with van der Waals surface area (Å²) in [5, 5.41) is 0. The Morgan fingerprint density at radius 2 is 1.76 bits per heavy atom. The van der Waals surface area contributed by atoms with Crippen LogP contribution in [0.15, 0.2) is 24.3 Å². The molecule has 0 radical (unpaired) electrons. The van der Waals surface area contributed by atoms with E-state index < -0.39 is 15.4 Å². The predicted octanol–water partition coefficient (Wildman–Crippen LogP) is 1.99. The molecule has 1 aromatic carbocycles. The van der Waals surface area contributed by atoms with Crippen molar-refractivity contribution in [2.45, 2.75) is 32.2 Å². The fourth-order valence-corrected chi connectivity index (χ4v) is 2.45. The predicted molar refractivity (Wildman–Crippen MR) is 71.7 cm³/mol. The van der Waals surface area contributed by atoms with Crippen molar-refractivity contribution < 1.29 is 8.42 Å². The van der Waals surface area contributed by atoms with Crippen molar-refractivity contribution in [3.8, 4) is 0 Å².